The first-order valence-corrected chi connectivity index (χ1v) is 16.7. The predicted octanol–water partition coefficient (Wildman–Crippen LogP) is 3.27. The van der Waals surface area contributed by atoms with Crippen molar-refractivity contribution >= 4 is 17.9 Å². The Bertz CT molecular complexity index is 1530. The molecule has 5 aliphatic rings. The van der Waals surface area contributed by atoms with Crippen molar-refractivity contribution in [2.45, 2.75) is 108 Å². The number of carbonyl (C=O) groups is 3. The molecule has 50 heavy (non-hydrogen) atoms. The number of methoxy groups -OCH3 is 1. The molecule has 12 atom stereocenters. The van der Waals surface area contributed by atoms with Crippen LogP contribution in [-0.4, -0.2) is 99.1 Å². The van der Waals surface area contributed by atoms with Gasteiger partial charge in [0.1, 0.15) is 30.8 Å². The molecule has 5 fully saturated rings. The van der Waals surface area contributed by atoms with Gasteiger partial charge < -0.3 is 52.1 Å². The number of hydrogen-bond donors (Lipinski definition) is 0. The fourth-order valence-electron chi connectivity index (χ4n) is 6.91. The summed E-state index contributed by atoms with van der Waals surface area (Å²) < 4.78 is 68.1. The number of rotatable bonds is 7. The van der Waals surface area contributed by atoms with Crippen molar-refractivity contribution in [2.75, 3.05) is 20.3 Å². The highest BCUT2D eigenvalue weighted by Gasteiger charge is 2.68. The summed E-state index contributed by atoms with van der Waals surface area (Å²) >= 11 is 0. The van der Waals surface area contributed by atoms with Gasteiger partial charge in [0.25, 0.3) is 0 Å². The lowest BCUT2D eigenvalue weighted by atomic mass is 9.89. The summed E-state index contributed by atoms with van der Waals surface area (Å²) in [6.07, 6.45) is -11.3. The fourth-order valence-corrected chi connectivity index (χ4v) is 6.91. The second kappa shape index (κ2) is 13.9. The Morgan fingerprint density at radius 2 is 1.36 bits per heavy atom. The molecule has 7 rings (SSSR count). The van der Waals surface area contributed by atoms with Crippen LogP contribution in [0.2, 0.25) is 0 Å². The number of fused-ring (bicyclic) bond motifs is 3. The molecule has 0 amide bonds. The van der Waals surface area contributed by atoms with E-state index in [0.29, 0.717) is 0 Å². The van der Waals surface area contributed by atoms with E-state index < -0.39 is 103 Å². The first-order valence-electron chi connectivity index (χ1n) is 16.7. The van der Waals surface area contributed by atoms with Crippen LogP contribution in [0.25, 0.3) is 0 Å². The summed E-state index contributed by atoms with van der Waals surface area (Å²) in [7, 11) is 1.41. The summed E-state index contributed by atoms with van der Waals surface area (Å²) in [5.74, 6) is -3.69. The maximum Gasteiger partial charge on any atom is 0.312 e. The lowest BCUT2D eigenvalue weighted by Crippen LogP contribution is -2.71. The summed E-state index contributed by atoms with van der Waals surface area (Å²) in [6.45, 7) is 6.52. The van der Waals surface area contributed by atoms with Gasteiger partial charge in [-0.2, -0.15) is 0 Å². The van der Waals surface area contributed by atoms with Gasteiger partial charge in [0.2, 0.25) is 5.79 Å². The minimum absolute atomic E-state index is 0.00592. The standard InChI is InChI=1S/C36H42O14/c1-19(37)43-27-25-22(17-41-31(46-25)20-12-8-6-9-13-20)44-33(40-5)29(27)50-36-16-24(38)45-30(36)28(48-34(39)35(2,3)4)26-23(49-36)18-42-32(47-26)21-14-10-7-11-15-21/h6-15,22-23,25-33H,16-18H2,1-5H3/t22?,23?,25-,26-,27?,28?,29?,30?,31?,32?,33+,36-/m1/s1. The highest BCUT2D eigenvalue weighted by Crippen LogP contribution is 2.48. The van der Waals surface area contributed by atoms with Crippen LogP contribution in [0.5, 0.6) is 0 Å². The molecule has 0 N–H and O–H groups in total. The number of hydrogen-bond acceptors (Lipinski definition) is 14. The normalized spacial score (nSPS) is 38.2. The lowest BCUT2D eigenvalue weighted by Gasteiger charge is -2.54. The van der Waals surface area contributed by atoms with Gasteiger partial charge in [0.15, 0.2) is 43.3 Å². The number of ether oxygens (including phenoxy) is 11. The molecule has 270 valence electrons. The van der Waals surface area contributed by atoms with Gasteiger partial charge in [-0.15, -0.1) is 0 Å². The molecule has 0 spiro atoms. The molecule has 2 aromatic rings. The van der Waals surface area contributed by atoms with Crippen LogP contribution < -0.4 is 0 Å². The summed E-state index contributed by atoms with van der Waals surface area (Å²) in [5.41, 5.74) is 0.589. The quantitative estimate of drug-likeness (QED) is 0.307. The Kier molecular flexibility index (Phi) is 9.73. The third-order valence-corrected chi connectivity index (χ3v) is 9.27. The first-order chi connectivity index (χ1) is 24.0. The smallest absolute Gasteiger partial charge is 0.312 e. The minimum Gasteiger partial charge on any atom is -0.457 e. The van der Waals surface area contributed by atoms with Crippen molar-refractivity contribution in [1.82, 2.24) is 0 Å². The molecular weight excluding hydrogens is 656 g/mol. The summed E-state index contributed by atoms with van der Waals surface area (Å²) in [5, 5.41) is 0. The van der Waals surface area contributed by atoms with Crippen LogP contribution in [0.15, 0.2) is 60.7 Å². The largest absolute Gasteiger partial charge is 0.457 e. The van der Waals surface area contributed by atoms with E-state index in [1.807, 2.05) is 60.7 Å². The zero-order chi connectivity index (χ0) is 35.2. The van der Waals surface area contributed by atoms with Crippen LogP contribution in [0, 0.1) is 5.41 Å². The molecule has 5 saturated heterocycles. The number of carbonyl (C=O) groups excluding carboxylic acids is 3. The molecule has 5 aliphatic heterocycles. The average Bonchev–Trinajstić information content (AvgIpc) is 3.43. The van der Waals surface area contributed by atoms with Crippen LogP contribution >= 0.6 is 0 Å². The Labute approximate surface area is 289 Å². The van der Waals surface area contributed by atoms with Gasteiger partial charge in [-0.25, -0.2) is 0 Å². The fraction of sp³-hybridized carbons (Fsp3) is 0.583. The maximum absolute atomic E-state index is 13.4. The van der Waals surface area contributed by atoms with Gasteiger partial charge in [0.05, 0.1) is 18.6 Å². The van der Waals surface area contributed by atoms with Crippen molar-refractivity contribution in [3.05, 3.63) is 71.8 Å². The molecule has 14 nitrogen and oxygen atoms in total. The second-order valence-electron chi connectivity index (χ2n) is 14.0. The van der Waals surface area contributed by atoms with E-state index in [4.69, 9.17) is 52.1 Å². The number of benzene rings is 2. The maximum atomic E-state index is 13.4. The molecule has 2 aromatic carbocycles. The Hall–Kier alpha value is -3.47. The molecular formula is C36H42O14. The molecule has 14 heteroatoms. The molecule has 8 unspecified atom stereocenters. The molecule has 0 bridgehead atoms. The van der Waals surface area contributed by atoms with E-state index in [1.54, 1.807) is 20.8 Å². The highest BCUT2D eigenvalue weighted by atomic mass is 16.8. The average molecular weight is 699 g/mol. The van der Waals surface area contributed by atoms with E-state index in [1.165, 1.54) is 14.0 Å². The SMILES string of the molecule is CO[C@H]1OC2COC(c3ccccc3)O[C@H]2C(OC(C)=O)C1O[C@]12CC(=O)OC1C(OC(=O)C(C)(C)C)[C@@H]1OC(c3ccccc3)OCC1O2. The van der Waals surface area contributed by atoms with E-state index >= 15 is 0 Å². The van der Waals surface area contributed by atoms with Crippen LogP contribution in [-0.2, 0) is 66.5 Å². The van der Waals surface area contributed by atoms with Crippen LogP contribution in [0.1, 0.15) is 57.8 Å². The van der Waals surface area contributed by atoms with Crippen molar-refractivity contribution in [3.8, 4) is 0 Å². The van der Waals surface area contributed by atoms with Gasteiger partial charge in [-0.3, -0.25) is 14.4 Å². The molecule has 0 aliphatic carbocycles. The van der Waals surface area contributed by atoms with Gasteiger partial charge >= 0.3 is 17.9 Å². The zero-order valence-electron chi connectivity index (χ0n) is 28.5. The third-order valence-electron chi connectivity index (χ3n) is 9.27. The summed E-state index contributed by atoms with van der Waals surface area (Å²) in [6, 6.07) is 18.6. The Balaban J connectivity index is 1.23. The Morgan fingerprint density at radius 3 is 1.92 bits per heavy atom. The Morgan fingerprint density at radius 1 is 0.780 bits per heavy atom. The minimum atomic E-state index is -1.87. The zero-order valence-corrected chi connectivity index (χ0v) is 28.5. The van der Waals surface area contributed by atoms with Crippen molar-refractivity contribution in [1.29, 1.82) is 0 Å². The van der Waals surface area contributed by atoms with E-state index in [2.05, 4.69) is 0 Å². The topological polar surface area (TPSA) is 153 Å². The highest BCUT2D eigenvalue weighted by molar-refractivity contribution is 5.76. The van der Waals surface area contributed by atoms with Gasteiger partial charge in [-0.1, -0.05) is 60.7 Å². The van der Waals surface area contributed by atoms with Gasteiger partial charge in [0, 0.05) is 25.2 Å². The van der Waals surface area contributed by atoms with Crippen molar-refractivity contribution < 1.29 is 66.5 Å². The van der Waals surface area contributed by atoms with E-state index in [0.717, 1.165) is 11.1 Å². The van der Waals surface area contributed by atoms with Crippen molar-refractivity contribution in [3.63, 3.8) is 0 Å². The molecule has 0 saturated carbocycles. The van der Waals surface area contributed by atoms with E-state index in [-0.39, 0.29) is 13.2 Å². The molecule has 5 heterocycles. The third kappa shape index (κ3) is 6.78. The second-order valence-corrected chi connectivity index (χ2v) is 14.0. The molecule has 0 aromatic heterocycles. The number of esters is 3. The summed E-state index contributed by atoms with van der Waals surface area (Å²) in [4.78, 5) is 39.3. The molecule has 0 radical (unpaired) electrons. The van der Waals surface area contributed by atoms with Crippen LogP contribution in [0.3, 0.4) is 0 Å². The van der Waals surface area contributed by atoms with Gasteiger partial charge in [-0.05, 0) is 20.8 Å². The van der Waals surface area contributed by atoms with Crippen molar-refractivity contribution in [2.24, 2.45) is 5.41 Å². The predicted molar refractivity (Wildman–Crippen MR) is 168 cm³/mol. The monoisotopic (exact) mass is 698 g/mol. The van der Waals surface area contributed by atoms with Crippen LogP contribution in [0.4, 0.5) is 0 Å². The lowest BCUT2D eigenvalue weighted by molar-refractivity contribution is -0.427. The first kappa shape index (κ1) is 35.0. The van der Waals surface area contributed by atoms with E-state index in [9.17, 15) is 14.4 Å².